The molecule has 0 atom stereocenters. The molecule has 1 heterocycles. The molecule has 2 aromatic rings. The molecule has 7 nitrogen and oxygen atoms in total. The molecule has 104 valence electrons. The molecule has 7 heteroatoms. The second-order valence-electron chi connectivity index (χ2n) is 4.37. The standard InChI is InChI=1S/C13H14N4O3/c1-16-6-10(15-7-16)12(18)17(2)11-4-3-8(13(19)20)5-9(11)14/h3-7H,14H2,1-2H3,(H,19,20). The van der Waals surface area contributed by atoms with E-state index >= 15 is 0 Å². The summed E-state index contributed by atoms with van der Waals surface area (Å²) in [5, 5.41) is 8.88. The van der Waals surface area contributed by atoms with Crippen molar-refractivity contribution < 1.29 is 14.7 Å². The highest BCUT2D eigenvalue weighted by molar-refractivity contribution is 6.06. The number of imidazole rings is 1. The molecule has 0 spiro atoms. The van der Waals surface area contributed by atoms with Crippen LogP contribution in [0.4, 0.5) is 11.4 Å². The smallest absolute Gasteiger partial charge is 0.335 e. The fourth-order valence-corrected chi connectivity index (χ4v) is 1.80. The first-order valence-electron chi connectivity index (χ1n) is 5.79. The molecule has 20 heavy (non-hydrogen) atoms. The minimum Gasteiger partial charge on any atom is -0.478 e. The van der Waals surface area contributed by atoms with Crippen LogP contribution < -0.4 is 10.6 Å². The Morgan fingerprint density at radius 1 is 1.40 bits per heavy atom. The van der Waals surface area contributed by atoms with Crippen LogP contribution in [0.2, 0.25) is 0 Å². The Morgan fingerprint density at radius 2 is 2.10 bits per heavy atom. The Hall–Kier alpha value is -2.83. The molecule has 0 aliphatic carbocycles. The molecule has 0 unspecified atom stereocenters. The number of aromatic carboxylic acids is 1. The molecule has 0 fully saturated rings. The van der Waals surface area contributed by atoms with Crippen LogP contribution in [0.1, 0.15) is 20.8 Å². The van der Waals surface area contributed by atoms with Crippen molar-refractivity contribution in [2.75, 3.05) is 17.7 Å². The van der Waals surface area contributed by atoms with Gasteiger partial charge in [0.1, 0.15) is 5.69 Å². The van der Waals surface area contributed by atoms with E-state index in [1.165, 1.54) is 29.4 Å². The number of carbonyl (C=O) groups is 2. The van der Waals surface area contributed by atoms with Crippen LogP contribution in [0.3, 0.4) is 0 Å². The first-order chi connectivity index (χ1) is 9.40. The fraction of sp³-hybridized carbons (Fsp3) is 0.154. The number of benzene rings is 1. The van der Waals surface area contributed by atoms with Crippen molar-refractivity contribution in [3.8, 4) is 0 Å². The van der Waals surface area contributed by atoms with E-state index in [2.05, 4.69) is 4.98 Å². The van der Waals surface area contributed by atoms with E-state index in [0.717, 1.165) is 0 Å². The van der Waals surface area contributed by atoms with Crippen LogP contribution in [-0.4, -0.2) is 33.6 Å². The maximum absolute atomic E-state index is 12.2. The number of anilines is 2. The van der Waals surface area contributed by atoms with Gasteiger partial charge in [-0.1, -0.05) is 0 Å². The molecule has 0 bridgehead atoms. The van der Waals surface area contributed by atoms with Crippen LogP contribution in [0.25, 0.3) is 0 Å². The van der Waals surface area contributed by atoms with Gasteiger partial charge in [-0.15, -0.1) is 0 Å². The predicted molar refractivity (Wildman–Crippen MR) is 73.8 cm³/mol. The van der Waals surface area contributed by atoms with Gasteiger partial charge in [0.15, 0.2) is 0 Å². The van der Waals surface area contributed by atoms with Gasteiger partial charge in [0.05, 0.1) is 23.3 Å². The van der Waals surface area contributed by atoms with E-state index in [0.29, 0.717) is 5.69 Å². The van der Waals surface area contributed by atoms with Gasteiger partial charge in [0.25, 0.3) is 5.91 Å². The van der Waals surface area contributed by atoms with Gasteiger partial charge < -0.3 is 20.3 Å². The number of carboxylic acid groups (broad SMARTS) is 1. The third-order valence-corrected chi connectivity index (χ3v) is 2.86. The molecular formula is C13H14N4O3. The summed E-state index contributed by atoms with van der Waals surface area (Å²) in [5.41, 5.74) is 6.82. The second-order valence-corrected chi connectivity index (χ2v) is 4.37. The number of nitrogen functional groups attached to an aromatic ring is 1. The van der Waals surface area contributed by atoms with E-state index in [-0.39, 0.29) is 22.9 Å². The summed E-state index contributed by atoms with van der Waals surface area (Å²) in [4.78, 5) is 28.4. The molecule has 1 aromatic heterocycles. The number of carbonyl (C=O) groups excluding carboxylic acids is 1. The molecule has 0 saturated heterocycles. The Balaban J connectivity index is 2.31. The first-order valence-corrected chi connectivity index (χ1v) is 5.79. The van der Waals surface area contributed by atoms with E-state index in [1.807, 2.05) is 0 Å². The summed E-state index contributed by atoms with van der Waals surface area (Å²) < 4.78 is 1.66. The number of carboxylic acids is 1. The van der Waals surface area contributed by atoms with Crippen molar-refractivity contribution in [3.63, 3.8) is 0 Å². The van der Waals surface area contributed by atoms with Crippen molar-refractivity contribution in [1.82, 2.24) is 9.55 Å². The predicted octanol–water partition coefficient (Wildman–Crippen LogP) is 0.977. The topological polar surface area (TPSA) is 101 Å². The highest BCUT2D eigenvalue weighted by Crippen LogP contribution is 2.24. The number of hydrogen-bond acceptors (Lipinski definition) is 4. The van der Waals surface area contributed by atoms with Crippen molar-refractivity contribution in [2.45, 2.75) is 0 Å². The normalized spacial score (nSPS) is 10.3. The molecule has 0 aliphatic rings. The van der Waals surface area contributed by atoms with E-state index in [1.54, 1.807) is 24.9 Å². The molecule has 3 N–H and O–H groups in total. The average Bonchev–Trinajstić information content (AvgIpc) is 2.83. The maximum Gasteiger partial charge on any atom is 0.335 e. The van der Waals surface area contributed by atoms with Gasteiger partial charge in [0.2, 0.25) is 0 Å². The van der Waals surface area contributed by atoms with Gasteiger partial charge in [-0.05, 0) is 18.2 Å². The summed E-state index contributed by atoms with van der Waals surface area (Å²) in [6.07, 6.45) is 3.12. The Kier molecular flexibility index (Phi) is 3.43. The molecule has 2 rings (SSSR count). The van der Waals surface area contributed by atoms with E-state index in [4.69, 9.17) is 10.8 Å². The van der Waals surface area contributed by atoms with Crippen LogP contribution in [-0.2, 0) is 7.05 Å². The SMILES string of the molecule is CN(C(=O)c1cn(C)cn1)c1ccc(C(=O)O)cc1N. The van der Waals surface area contributed by atoms with Gasteiger partial charge in [-0.2, -0.15) is 0 Å². The molecule has 0 saturated carbocycles. The lowest BCUT2D eigenvalue weighted by Crippen LogP contribution is -2.27. The van der Waals surface area contributed by atoms with Crippen molar-refractivity contribution in [3.05, 3.63) is 42.0 Å². The maximum atomic E-state index is 12.2. The lowest BCUT2D eigenvalue weighted by molar-refractivity contribution is 0.0697. The Morgan fingerprint density at radius 3 is 2.60 bits per heavy atom. The summed E-state index contributed by atoms with van der Waals surface area (Å²) >= 11 is 0. The molecule has 1 amide bonds. The van der Waals surface area contributed by atoms with Crippen molar-refractivity contribution in [2.24, 2.45) is 7.05 Å². The molecule has 0 aliphatic heterocycles. The lowest BCUT2D eigenvalue weighted by atomic mass is 10.1. The number of aromatic nitrogens is 2. The minimum absolute atomic E-state index is 0.0740. The van der Waals surface area contributed by atoms with Crippen molar-refractivity contribution >= 4 is 23.3 Å². The van der Waals surface area contributed by atoms with E-state index < -0.39 is 5.97 Å². The third kappa shape index (κ3) is 2.46. The Labute approximate surface area is 115 Å². The van der Waals surface area contributed by atoms with Crippen LogP contribution in [0.15, 0.2) is 30.7 Å². The highest BCUT2D eigenvalue weighted by Gasteiger charge is 2.18. The number of amides is 1. The van der Waals surface area contributed by atoms with Crippen LogP contribution in [0.5, 0.6) is 0 Å². The lowest BCUT2D eigenvalue weighted by Gasteiger charge is -2.18. The quantitative estimate of drug-likeness (QED) is 0.812. The third-order valence-electron chi connectivity index (χ3n) is 2.86. The second kappa shape index (κ2) is 5.04. The van der Waals surface area contributed by atoms with E-state index in [9.17, 15) is 9.59 Å². The van der Waals surface area contributed by atoms with Crippen molar-refractivity contribution in [1.29, 1.82) is 0 Å². The van der Waals surface area contributed by atoms with Crippen LogP contribution >= 0.6 is 0 Å². The van der Waals surface area contributed by atoms with Gasteiger partial charge in [-0.3, -0.25) is 4.79 Å². The molecular weight excluding hydrogens is 260 g/mol. The van der Waals surface area contributed by atoms with Gasteiger partial charge in [0, 0.05) is 20.3 Å². The molecule has 1 aromatic carbocycles. The zero-order valence-corrected chi connectivity index (χ0v) is 11.1. The number of nitrogens with zero attached hydrogens (tertiary/aromatic N) is 3. The average molecular weight is 274 g/mol. The molecule has 0 radical (unpaired) electrons. The van der Waals surface area contributed by atoms with Gasteiger partial charge >= 0.3 is 5.97 Å². The number of rotatable bonds is 3. The number of hydrogen-bond donors (Lipinski definition) is 2. The Bertz CT molecular complexity index is 678. The van der Waals surface area contributed by atoms with Crippen LogP contribution in [0, 0.1) is 0 Å². The summed E-state index contributed by atoms with van der Waals surface area (Å²) in [7, 11) is 3.32. The highest BCUT2D eigenvalue weighted by atomic mass is 16.4. The summed E-state index contributed by atoms with van der Waals surface area (Å²) in [6, 6.07) is 4.22. The zero-order valence-electron chi connectivity index (χ0n) is 11.1. The minimum atomic E-state index is -1.07. The van der Waals surface area contributed by atoms with Gasteiger partial charge in [-0.25, -0.2) is 9.78 Å². The number of aryl methyl sites for hydroxylation is 1. The monoisotopic (exact) mass is 274 g/mol. The summed E-state index contributed by atoms with van der Waals surface area (Å²) in [5.74, 6) is -1.39. The fourth-order valence-electron chi connectivity index (χ4n) is 1.80. The summed E-state index contributed by atoms with van der Waals surface area (Å²) in [6.45, 7) is 0. The first kappa shape index (κ1) is 13.6. The largest absolute Gasteiger partial charge is 0.478 e. The zero-order chi connectivity index (χ0) is 14.9. The number of nitrogens with two attached hydrogens (primary N) is 1.